The summed E-state index contributed by atoms with van der Waals surface area (Å²) in [7, 11) is -3.50. The normalized spacial score (nSPS) is 19.9. The van der Waals surface area contributed by atoms with Crippen LogP contribution >= 0.6 is 0 Å². The van der Waals surface area contributed by atoms with Gasteiger partial charge in [-0.2, -0.15) is 9.29 Å². The second-order valence-corrected chi connectivity index (χ2v) is 10.3. The van der Waals surface area contributed by atoms with Gasteiger partial charge in [0.2, 0.25) is 15.9 Å². The van der Waals surface area contributed by atoms with Crippen LogP contribution < -0.4 is 0 Å². The van der Waals surface area contributed by atoms with E-state index in [-0.39, 0.29) is 16.7 Å². The maximum atomic E-state index is 12.9. The standard InChI is InChI=1S/C21H28N4O4S/c1-15-7-13-25(14-8-15)30(27,28)19-5-3-18(4-6-19)21(26)24-11-9-17(10-12-24)20-22-16(2)23-29-20/h3-6,15,17H,7-14H2,1-2H3. The minimum atomic E-state index is -3.50. The molecule has 0 radical (unpaired) electrons. The van der Waals surface area contributed by atoms with Gasteiger partial charge in [-0.15, -0.1) is 0 Å². The Kier molecular flexibility index (Phi) is 5.92. The Labute approximate surface area is 177 Å². The van der Waals surface area contributed by atoms with Gasteiger partial charge in [-0.3, -0.25) is 4.79 Å². The first-order valence-corrected chi connectivity index (χ1v) is 12.0. The Morgan fingerprint density at radius 2 is 1.67 bits per heavy atom. The maximum absolute atomic E-state index is 12.9. The maximum Gasteiger partial charge on any atom is 0.253 e. The number of hydrogen-bond acceptors (Lipinski definition) is 6. The molecule has 0 saturated carbocycles. The van der Waals surface area contributed by atoms with Gasteiger partial charge >= 0.3 is 0 Å². The van der Waals surface area contributed by atoms with Crippen molar-refractivity contribution in [3.63, 3.8) is 0 Å². The summed E-state index contributed by atoms with van der Waals surface area (Å²) < 4.78 is 32.5. The molecule has 162 valence electrons. The lowest BCUT2D eigenvalue weighted by atomic mass is 9.96. The SMILES string of the molecule is Cc1noc(C2CCN(C(=O)c3ccc(S(=O)(=O)N4CCC(C)CC4)cc3)CC2)n1. The molecule has 2 saturated heterocycles. The van der Waals surface area contributed by atoms with Crippen molar-refractivity contribution in [2.75, 3.05) is 26.2 Å². The lowest BCUT2D eigenvalue weighted by Crippen LogP contribution is -2.38. The predicted molar refractivity (Wildman–Crippen MR) is 111 cm³/mol. The smallest absolute Gasteiger partial charge is 0.253 e. The van der Waals surface area contributed by atoms with E-state index in [0.29, 0.717) is 49.4 Å². The van der Waals surface area contributed by atoms with Gasteiger partial charge in [0.25, 0.3) is 5.91 Å². The molecule has 2 fully saturated rings. The summed E-state index contributed by atoms with van der Waals surface area (Å²) in [5.41, 5.74) is 0.508. The Bertz CT molecular complexity index is 986. The number of nitrogens with zero attached hydrogens (tertiary/aromatic N) is 4. The third-order valence-electron chi connectivity index (χ3n) is 6.16. The van der Waals surface area contributed by atoms with Crippen LogP contribution in [0.2, 0.25) is 0 Å². The van der Waals surface area contributed by atoms with Gasteiger partial charge in [-0.05, 0) is 62.8 Å². The van der Waals surface area contributed by atoms with Crippen molar-refractivity contribution in [2.24, 2.45) is 5.92 Å². The molecule has 0 aliphatic carbocycles. The van der Waals surface area contributed by atoms with Gasteiger partial charge in [0.1, 0.15) is 0 Å². The number of carbonyl (C=O) groups excluding carboxylic acids is 1. The molecule has 0 spiro atoms. The topological polar surface area (TPSA) is 96.6 Å². The lowest BCUT2D eigenvalue weighted by Gasteiger charge is -2.31. The van der Waals surface area contributed by atoms with Crippen LogP contribution in [0.1, 0.15) is 60.6 Å². The number of benzene rings is 1. The van der Waals surface area contributed by atoms with E-state index in [1.165, 1.54) is 0 Å². The fourth-order valence-corrected chi connectivity index (χ4v) is 5.60. The van der Waals surface area contributed by atoms with Gasteiger partial charge in [0.05, 0.1) is 4.90 Å². The highest BCUT2D eigenvalue weighted by Crippen LogP contribution is 2.28. The average Bonchev–Trinajstić information content (AvgIpc) is 3.20. The lowest BCUT2D eigenvalue weighted by molar-refractivity contribution is 0.0704. The van der Waals surface area contributed by atoms with Crippen LogP contribution in [0, 0.1) is 12.8 Å². The van der Waals surface area contributed by atoms with Gasteiger partial charge in [0.15, 0.2) is 5.82 Å². The first-order chi connectivity index (χ1) is 14.3. The number of amides is 1. The minimum Gasteiger partial charge on any atom is -0.339 e. The second-order valence-electron chi connectivity index (χ2n) is 8.36. The third kappa shape index (κ3) is 4.27. The van der Waals surface area contributed by atoms with E-state index in [4.69, 9.17) is 4.52 Å². The molecule has 2 aliphatic heterocycles. The molecular formula is C21H28N4O4S. The number of hydrogen-bond donors (Lipinski definition) is 0. The van der Waals surface area contributed by atoms with E-state index in [0.717, 1.165) is 25.7 Å². The minimum absolute atomic E-state index is 0.0779. The first kappa shape index (κ1) is 21.0. The molecule has 0 N–H and O–H groups in total. The fraction of sp³-hybridized carbons (Fsp3) is 0.571. The van der Waals surface area contributed by atoms with Gasteiger partial charge in [-0.25, -0.2) is 8.42 Å². The molecule has 2 aromatic rings. The second kappa shape index (κ2) is 8.47. The molecule has 2 aliphatic rings. The van der Waals surface area contributed by atoms with E-state index >= 15 is 0 Å². The Hall–Kier alpha value is -2.26. The number of rotatable bonds is 4. The summed E-state index contributed by atoms with van der Waals surface area (Å²) in [6.45, 7) is 6.27. The molecular weight excluding hydrogens is 404 g/mol. The van der Waals surface area contributed by atoms with Crippen molar-refractivity contribution in [2.45, 2.75) is 50.3 Å². The summed E-state index contributed by atoms with van der Waals surface area (Å²) in [5, 5.41) is 3.84. The summed E-state index contributed by atoms with van der Waals surface area (Å²) in [6, 6.07) is 6.34. The quantitative estimate of drug-likeness (QED) is 0.737. The molecule has 9 heteroatoms. The number of aryl methyl sites for hydroxylation is 1. The number of piperidine rings is 2. The van der Waals surface area contributed by atoms with Crippen LogP contribution in [-0.2, 0) is 10.0 Å². The van der Waals surface area contributed by atoms with E-state index in [1.54, 1.807) is 40.4 Å². The van der Waals surface area contributed by atoms with Crippen LogP contribution in [0.25, 0.3) is 0 Å². The third-order valence-corrected chi connectivity index (χ3v) is 8.07. The van der Waals surface area contributed by atoms with Crippen molar-refractivity contribution in [3.05, 3.63) is 41.5 Å². The number of carbonyl (C=O) groups is 1. The Morgan fingerprint density at radius 3 is 2.23 bits per heavy atom. The molecule has 0 unspecified atom stereocenters. The highest BCUT2D eigenvalue weighted by Gasteiger charge is 2.30. The van der Waals surface area contributed by atoms with Gasteiger partial charge in [-0.1, -0.05) is 12.1 Å². The van der Waals surface area contributed by atoms with Crippen molar-refractivity contribution in [1.82, 2.24) is 19.3 Å². The molecule has 1 aromatic carbocycles. The Morgan fingerprint density at radius 1 is 1.03 bits per heavy atom. The van der Waals surface area contributed by atoms with E-state index in [1.807, 2.05) is 0 Å². The molecule has 1 amide bonds. The summed E-state index contributed by atoms with van der Waals surface area (Å²) >= 11 is 0. The zero-order valence-corrected chi connectivity index (χ0v) is 18.3. The zero-order chi connectivity index (χ0) is 21.3. The van der Waals surface area contributed by atoms with E-state index < -0.39 is 10.0 Å². The first-order valence-electron chi connectivity index (χ1n) is 10.5. The molecule has 30 heavy (non-hydrogen) atoms. The monoisotopic (exact) mass is 432 g/mol. The molecule has 3 heterocycles. The average molecular weight is 433 g/mol. The number of sulfonamides is 1. The van der Waals surface area contributed by atoms with Gasteiger partial charge in [0, 0.05) is 37.7 Å². The molecule has 0 atom stereocenters. The van der Waals surface area contributed by atoms with E-state index in [2.05, 4.69) is 17.1 Å². The van der Waals surface area contributed by atoms with Crippen molar-refractivity contribution in [1.29, 1.82) is 0 Å². The van der Waals surface area contributed by atoms with E-state index in [9.17, 15) is 13.2 Å². The highest BCUT2D eigenvalue weighted by molar-refractivity contribution is 7.89. The van der Waals surface area contributed by atoms with Crippen LogP contribution in [-0.4, -0.2) is 59.8 Å². The van der Waals surface area contributed by atoms with Crippen molar-refractivity contribution < 1.29 is 17.7 Å². The summed E-state index contributed by atoms with van der Waals surface area (Å²) in [5.74, 6) is 1.92. The van der Waals surface area contributed by atoms with Crippen LogP contribution in [0.5, 0.6) is 0 Å². The largest absolute Gasteiger partial charge is 0.339 e. The Balaban J connectivity index is 1.39. The van der Waals surface area contributed by atoms with Crippen LogP contribution in [0.4, 0.5) is 0 Å². The summed E-state index contributed by atoms with van der Waals surface area (Å²) in [6.07, 6.45) is 3.31. The van der Waals surface area contributed by atoms with Crippen molar-refractivity contribution >= 4 is 15.9 Å². The zero-order valence-electron chi connectivity index (χ0n) is 17.5. The van der Waals surface area contributed by atoms with Gasteiger partial charge < -0.3 is 9.42 Å². The fourth-order valence-electron chi connectivity index (χ4n) is 4.13. The highest BCUT2D eigenvalue weighted by atomic mass is 32.2. The number of likely N-dealkylation sites (tertiary alicyclic amines) is 1. The number of aromatic nitrogens is 2. The van der Waals surface area contributed by atoms with Crippen molar-refractivity contribution in [3.8, 4) is 0 Å². The predicted octanol–water partition coefficient (Wildman–Crippen LogP) is 2.82. The summed E-state index contributed by atoms with van der Waals surface area (Å²) in [4.78, 5) is 19.2. The molecule has 4 rings (SSSR count). The molecule has 0 bridgehead atoms. The van der Waals surface area contributed by atoms with Crippen LogP contribution in [0.15, 0.2) is 33.7 Å². The molecule has 8 nitrogen and oxygen atoms in total. The van der Waals surface area contributed by atoms with Crippen LogP contribution in [0.3, 0.4) is 0 Å². The molecule has 1 aromatic heterocycles.